The zero-order valence-corrected chi connectivity index (χ0v) is 16.6. The number of hydrogen-bond donors (Lipinski definition) is 0. The quantitative estimate of drug-likeness (QED) is 0.311. The lowest BCUT2D eigenvalue weighted by atomic mass is 10.1. The molecule has 4 rings (SSSR count). The SMILES string of the molecule is C[SiH](C)c1ccc2c(c1)c1cc(I)ccc1n2-c1ccccc1. The molecule has 0 radical (unpaired) electrons. The third-order valence-electron chi connectivity index (χ3n) is 4.43. The van der Waals surface area contributed by atoms with Gasteiger partial charge in [0.15, 0.2) is 0 Å². The molecule has 0 aliphatic heterocycles. The Morgan fingerprint density at radius 1 is 0.783 bits per heavy atom. The summed E-state index contributed by atoms with van der Waals surface area (Å²) in [4.78, 5) is 0. The molecule has 4 aromatic rings. The van der Waals surface area contributed by atoms with Crippen LogP contribution >= 0.6 is 22.6 Å². The lowest BCUT2D eigenvalue weighted by molar-refractivity contribution is 1.18. The molecule has 1 nitrogen and oxygen atoms in total. The highest BCUT2D eigenvalue weighted by Gasteiger charge is 2.13. The minimum Gasteiger partial charge on any atom is -0.309 e. The van der Waals surface area contributed by atoms with Gasteiger partial charge in [0, 0.05) is 20.0 Å². The number of hydrogen-bond acceptors (Lipinski definition) is 0. The Balaban J connectivity index is 2.16. The Morgan fingerprint density at radius 3 is 2.13 bits per heavy atom. The molecule has 114 valence electrons. The van der Waals surface area contributed by atoms with Crippen LogP contribution in [0.25, 0.3) is 27.5 Å². The summed E-state index contributed by atoms with van der Waals surface area (Å²) in [6, 6.07) is 24.4. The number of rotatable bonds is 2. The topological polar surface area (TPSA) is 4.93 Å². The van der Waals surface area contributed by atoms with Crippen molar-refractivity contribution in [2.24, 2.45) is 0 Å². The molecule has 0 saturated heterocycles. The van der Waals surface area contributed by atoms with Crippen LogP contribution in [-0.2, 0) is 0 Å². The van der Waals surface area contributed by atoms with Gasteiger partial charge in [0.2, 0.25) is 0 Å². The van der Waals surface area contributed by atoms with Crippen LogP contribution in [0.15, 0.2) is 66.7 Å². The van der Waals surface area contributed by atoms with Crippen LogP contribution < -0.4 is 5.19 Å². The molecule has 3 heteroatoms. The van der Waals surface area contributed by atoms with Crippen LogP contribution in [0, 0.1) is 3.57 Å². The predicted octanol–water partition coefficient (Wildman–Crippen LogP) is 5.08. The highest BCUT2D eigenvalue weighted by Crippen LogP contribution is 2.32. The van der Waals surface area contributed by atoms with Crippen LogP contribution in [0.2, 0.25) is 13.1 Å². The molecule has 0 atom stereocenters. The molecular weight excluding hydrogens is 409 g/mol. The maximum Gasteiger partial charge on any atom is 0.0647 e. The molecule has 0 amide bonds. The number of halogens is 1. The predicted molar refractivity (Wildman–Crippen MR) is 112 cm³/mol. The van der Waals surface area contributed by atoms with Crippen molar-refractivity contribution in [3.8, 4) is 5.69 Å². The molecule has 23 heavy (non-hydrogen) atoms. The second-order valence-corrected chi connectivity index (χ2v) is 10.5. The standard InChI is InChI=1S/C20H18INSi/c1-23(2)16-9-11-20-18(13-16)17-12-14(21)8-10-19(17)22(20)15-6-4-3-5-7-15/h3-13,23H,1-2H3. The van der Waals surface area contributed by atoms with Gasteiger partial charge in [0.1, 0.15) is 0 Å². The van der Waals surface area contributed by atoms with Crippen molar-refractivity contribution < 1.29 is 0 Å². The first kappa shape index (κ1) is 15.0. The molecule has 0 N–H and O–H groups in total. The first-order valence-electron chi connectivity index (χ1n) is 7.94. The molecule has 0 spiro atoms. The second-order valence-electron chi connectivity index (χ2n) is 6.26. The Kier molecular flexibility index (Phi) is 3.77. The first-order valence-corrected chi connectivity index (χ1v) is 11.9. The Labute approximate surface area is 151 Å². The van der Waals surface area contributed by atoms with Crippen LogP contribution in [0.3, 0.4) is 0 Å². The summed E-state index contributed by atoms with van der Waals surface area (Å²) < 4.78 is 3.67. The molecule has 0 saturated carbocycles. The van der Waals surface area contributed by atoms with E-state index in [4.69, 9.17) is 0 Å². The zero-order valence-electron chi connectivity index (χ0n) is 13.3. The molecule has 1 aromatic heterocycles. The number of benzene rings is 3. The van der Waals surface area contributed by atoms with Gasteiger partial charge in [-0.05, 0) is 59.0 Å². The van der Waals surface area contributed by atoms with E-state index in [1.807, 2.05) is 0 Å². The van der Waals surface area contributed by atoms with Crippen molar-refractivity contribution >= 4 is 58.4 Å². The Bertz CT molecular complexity index is 1000. The normalized spacial score (nSPS) is 11.7. The molecule has 0 unspecified atom stereocenters. The van der Waals surface area contributed by atoms with E-state index in [1.54, 1.807) is 0 Å². The molecular formula is C20H18INSi. The fourth-order valence-electron chi connectivity index (χ4n) is 3.23. The van der Waals surface area contributed by atoms with E-state index in [-0.39, 0.29) is 0 Å². The molecule has 0 aliphatic carbocycles. The maximum atomic E-state index is 2.42. The van der Waals surface area contributed by atoms with Gasteiger partial charge in [-0.25, -0.2) is 0 Å². The van der Waals surface area contributed by atoms with E-state index >= 15 is 0 Å². The van der Waals surface area contributed by atoms with Crippen LogP contribution in [0.5, 0.6) is 0 Å². The summed E-state index contributed by atoms with van der Waals surface area (Å²) in [7, 11) is -0.805. The maximum absolute atomic E-state index is 2.42. The van der Waals surface area contributed by atoms with E-state index in [0.717, 1.165) is 0 Å². The number of para-hydroxylation sites is 1. The summed E-state index contributed by atoms with van der Waals surface area (Å²) >= 11 is 2.41. The van der Waals surface area contributed by atoms with Gasteiger partial charge in [-0.15, -0.1) is 0 Å². The number of nitrogens with zero attached hydrogens (tertiary/aromatic N) is 1. The van der Waals surface area contributed by atoms with Gasteiger partial charge in [-0.1, -0.05) is 48.6 Å². The monoisotopic (exact) mass is 427 g/mol. The highest BCUT2D eigenvalue weighted by atomic mass is 127. The average Bonchev–Trinajstić information content (AvgIpc) is 2.88. The molecule has 0 aliphatic rings. The van der Waals surface area contributed by atoms with Crippen molar-refractivity contribution in [2.75, 3.05) is 0 Å². The molecule has 3 aromatic carbocycles. The van der Waals surface area contributed by atoms with Crippen molar-refractivity contribution in [1.82, 2.24) is 4.57 Å². The van der Waals surface area contributed by atoms with Crippen molar-refractivity contribution in [3.63, 3.8) is 0 Å². The number of aromatic nitrogens is 1. The van der Waals surface area contributed by atoms with Gasteiger partial charge in [-0.2, -0.15) is 0 Å². The fourth-order valence-corrected chi connectivity index (χ4v) is 4.70. The Morgan fingerprint density at radius 2 is 1.43 bits per heavy atom. The largest absolute Gasteiger partial charge is 0.309 e. The lowest BCUT2D eigenvalue weighted by Crippen LogP contribution is -2.21. The molecule has 1 heterocycles. The fraction of sp³-hybridized carbons (Fsp3) is 0.100. The summed E-state index contributed by atoms with van der Waals surface area (Å²) in [6.45, 7) is 4.78. The smallest absolute Gasteiger partial charge is 0.0647 e. The van der Waals surface area contributed by atoms with Crippen LogP contribution in [-0.4, -0.2) is 13.4 Å². The van der Waals surface area contributed by atoms with Gasteiger partial charge in [0.05, 0.1) is 19.8 Å². The molecule has 0 fully saturated rings. The van der Waals surface area contributed by atoms with Crippen LogP contribution in [0.4, 0.5) is 0 Å². The van der Waals surface area contributed by atoms with E-state index in [0.29, 0.717) is 0 Å². The Hall–Kier alpha value is -1.59. The van der Waals surface area contributed by atoms with Crippen molar-refractivity contribution in [1.29, 1.82) is 0 Å². The van der Waals surface area contributed by atoms with E-state index in [2.05, 4.69) is 107 Å². The van der Waals surface area contributed by atoms with Crippen molar-refractivity contribution in [2.45, 2.75) is 13.1 Å². The highest BCUT2D eigenvalue weighted by molar-refractivity contribution is 14.1. The third kappa shape index (κ3) is 2.52. The zero-order chi connectivity index (χ0) is 16.0. The van der Waals surface area contributed by atoms with E-state index in [9.17, 15) is 0 Å². The van der Waals surface area contributed by atoms with Gasteiger partial charge >= 0.3 is 0 Å². The summed E-state index contributed by atoms with van der Waals surface area (Å²) in [5.41, 5.74) is 3.81. The second kappa shape index (κ2) is 5.80. The third-order valence-corrected chi connectivity index (χ3v) is 6.80. The minimum absolute atomic E-state index is 0.805. The lowest BCUT2D eigenvalue weighted by Gasteiger charge is -2.08. The first-order chi connectivity index (χ1) is 11.1. The van der Waals surface area contributed by atoms with Crippen molar-refractivity contribution in [3.05, 3.63) is 70.3 Å². The van der Waals surface area contributed by atoms with Crippen LogP contribution in [0.1, 0.15) is 0 Å². The average molecular weight is 427 g/mol. The summed E-state index contributed by atoms with van der Waals surface area (Å²) in [6.07, 6.45) is 0. The number of fused-ring (bicyclic) bond motifs is 3. The van der Waals surface area contributed by atoms with Gasteiger partial charge in [0.25, 0.3) is 0 Å². The van der Waals surface area contributed by atoms with Gasteiger partial charge < -0.3 is 4.57 Å². The summed E-state index contributed by atoms with van der Waals surface area (Å²) in [5, 5.41) is 4.26. The summed E-state index contributed by atoms with van der Waals surface area (Å²) in [5.74, 6) is 0. The van der Waals surface area contributed by atoms with E-state index in [1.165, 1.54) is 36.3 Å². The minimum atomic E-state index is -0.805. The molecule has 0 bridgehead atoms. The van der Waals surface area contributed by atoms with Gasteiger partial charge in [-0.3, -0.25) is 0 Å². The van der Waals surface area contributed by atoms with E-state index < -0.39 is 8.80 Å².